The van der Waals surface area contributed by atoms with Gasteiger partial charge in [-0.25, -0.2) is 8.42 Å². The third kappa shape index (κ3) is 4.11. The van der Waals surface area contributed by atoms with Crippen LogP contribution in [0.4, 0.5) is 0 Å². The molecule has 122 valence electrons. The molecule has 0 unspecified atom stereocenters. The van der Waals surface area contributed by atoms with Crippen LogP contribution in [0.1, 0.15) is 26.7 Å². The van der Waals surface area contributed by atoms with E-state index in [4.69, 9.17) is 9.47 Å². The van der Waals surface area contributed by atoms with E-state index in [9.17, 15) is 13.2 Å². The summed E-state index contributed by atoms with van der Waals surface area (Å²) in [7, 11) is -3.85. The van der Waals surface area contributed by atoms with Gasteiger partial charge in [-0.15, -0.1) is 4.83 Å². The van der Waals surface area contributed by atoms with Gasteiger partial charge in [0.2, 0.25) is 5.91 Å². The first kappa shape index (κ1) is 16.6. The molecule has 0 aromatic heterocycles. The maximum atomic E-state index is 12.2. The van der Waals surface area contributed by atoms with Gasteiger partial charge >= 0.3 is 0 Å². The number of hydrogen-bond acceptors (Lipinski definition) is 5. The van der Waals surface area contributed by atoms with Crippen LogP contribution >= 0.6 is 0 Å². The Morgan fingerprint density at radius 1 is 1.18 bits per heavy atom. The molecule has 0 atom stereocenters. The van der Waals surface area contributed by atoms with E-state index in [2.05, 4.69) is 10.3 Å². The molecule has 0 radical (unpaired) electrons. The molecule has 1 aliphatic rings. The first-order chi connectivity index (χ1) is 10.5. The topological polar surface area (TPSA) is 93.7 Å². The molecular weight excluding hydrogens is 308 g/mol. The minimum absolute atomic E-state index is 0.00417. The summed E-state index contributed by atoms with van der Waals surface area (Å²) in [5, 5.41) is 0. The third-order valence-electron chi connectivity index (χ3n) is 3.08. The minimum Gasteiger partial charge on any atom is -0.490 e. The van der Waals surface area contributed by atoms with E-state index >= 15 is 0 Å². The van der Waals surface area contributed by atoms with Crippen LogP contribution in [-0.4, -0.2) is 27.5 Å². The summed E-state index contributed by atoms with van der Waals surface area (Å²) >= 11 is 0. The van der Waals surface area contributed by atoms with Crippen LogP contribution in [0.15, 0.2) is 23.1 Å². The number of carbonyl (C=O) groups excluding carboxylic acids is 1. The van der Waals surface area contributed by atoms with Gasteiger partial charge < -0.3 is 9.47 Å². The van der Waals surface area contributed by atoms with E-state index in [0.717, 1.165) is 12.8 Å². The van der Waals surface area contributed by atoms with Crippen LogP contribution in [-0.2, 0) is 14.8 Å². The lowest BCUT2D eigenvalue weighted by atomic mass is 10.3. The summed E-state index contributed by atoms with van der Waals surface area (Å²) in [6.45, 7) is 4.46. The van der Waals surface area contributed by atoms with Gasteiger partial charge in [0.25, 0.3) is 10.0 Å². The van der Waals surface area contributed by atoms with Gasteiger partial charge in [0, 0.05) is 12.0 Å². The Labute approximate surface area is 130 Å². The smallest absolute Gasteiger partial charge is 0.257 e. The highest BCUT2D eigenvalue weighted by Gasteiger charge is 2.30. The third-order valence-corrected chi connectivity index (χ3v) is 4.33. The molecule has 2 rings (SSSR count). The number of benzene rings is 1. The molecule has 1 aromatic carbocycles. The second-order valence-electron chi connectivity index (χ2n) is 4.84. The number of rotatable bonds is 8. The minimum atomic E-state index is -3.85. The molecule has 7 nitrogen and oxygen atoms in total. The Hall–Kier alpha value is -1.80. The van der Waals surface area contributed by atoms with Crippen molar-refractivity contribution in [2.75, 3.05) is 13.2 Å². The molecule has 1 fully saturated rings. The molecule has 0 saturated heterocycles. The monoisotopic (exact) mass is 328 g/mol. The van der Waals surface area contributed by atoms with Crippen molar-refractivity contribution in [3.63, 3.8) is 0 Å². The summed E-state index contributed by atoms with van der Waals surface area (Å²) in [6, 6.07) is 4.31. The van der Waals surface area contributed by atoms with Gasteiger partial charge in [-0.05, 0) is 38.8 Å². The van der Waals surface area contributed by atoms with Crippen LogP contribution in [0, 0.1) is 5.92 Å². The summed E-state index contributed by atoms with van der Waals surface area (Å²) in [4.78, 5) is 13.6. The molecule has 1 saturated carbocycles. The predicted molar refractivity (Wildman–Crippen MR) is 80.0 cm³/mol. The molecular formula is C14H20N2O5S. The van der Waals surface area contributed by atoms with E-state index in [0.29, 0.717) is 24.7 Å². The van der Waals surface area contributed by atoms with Crippen LogP contribution in [0.25, 0.3) is 0 Å². The van der Waals surface area contributed by atoms with Crippen molar-refractivity contribution in [3.8, 4) is 11.5 Å². The van der Waals surface area contributed by atoms with Gasteiger partial charge in [-0.2, -0.15) is 0 Å². The largest absolute Gasteiger partial charge is 0.490 e. The van der Waals surface area contributed by atoms with Crippen LogP contribution < -0.4 is 19.7 Å². The number of ether oxygens (including phenoxy) is 2. The van der Waals surface area contributed by atoms with Crippen molar-refractivity contribution in [2.24, 2.45) is 5.92 Å². The van der Waals surface area contributed by atoms with Gasteiger partial charge in [0.1, 0.15) is 0 Å². The van der Waals surface area contributed by atoms with E-state index in [1.165, 1.54) is 18.2 Å². The van der Waals surface area contributed by atoms with E-state index in [1.807, 2.05) is 6.92 Å². The molecule has 0 aliphatic heterocycles. The molecule has 1 amide bonds. The molecule has 1 aliphatic carbocycles. The second-order valence-corrected chi connectivity index (χ2v) is 6.53. The molecule has 0 spiro atoms. The summed E-state index contributed by atoms with van der Waals surface area (Å²) in [6.07, 6.45) is 1.59. The van der Waals surface area contributed by atoms with Crippen LogP contribution in [0.3, 0.4) is 0 Å². The first-order valence-corrected chi connectivity index (χ1v) is 8.67. The normalized spacial score (nSPS) is 14.5. The maximum absolute atomic E-state index is 12.2. The summed E-state index contributed by atoms with van der Waals surface area (Å²) in [5.41, 5.74) is 2.23. The molecule has 0 heterocycles. The van der Waals surface area contributed by atoms with Gasteiger partial charge in [0.15, 0.2) is 11.5 Å². The van der Waals surface area contributed by atoms with Crippen LogP contribution in [0.5, 0.6) is 11.5 Å². The highest BCUT2D eigenvalue weighted by atomic mass is 32.2. The lowest BCUT2D eigenvalue weighted by Gasteiger charge is -2.13. The Morgan fingerprint density at radius 3 is 2.41 bits per heavy atom. The molecule has 1 aromatic rings. The van der Waals surface area contributed by atoms with Crippen molar-refractivity contribution in [1.82, 2.24) is 10.3 Å². The molecule has 0 bridgehead atoms. The van der Waals surface area contributed by atoms with Crippen molar-refractivity contribution < 1.29 is 22.7 Å². The van der Waals surface area contributed by atoms with Crippen LogP contribution in [0.2, 0.25) is 0 Å². The zero-order valence-corrected chi connectivity index (χ0v) is 13.4. The summed E-state index contributed by atoms with van der Waals surface area (Å²) < 4.78 is 35.1. The van der Waals surface area contributed by atoms with E-state index < -0.39 is 10.0 Å². The van der Waals surface area contributed by atoms with Crippen molar-refractivity contribution in [2.45, 2.75) is 31.6 Å². The number of hydrazine groups is 1. The average molecular weight is 328 g/mol. The fraction of sp³-hybridized carbons (Fsp3) is 0.500. The SMILES string of the molecule is CCOc1ccc(S(=O)(=O)NNC(=O)C2CC2)cc1OCC. The quantitative estimate of drug-likeness (QED) is 0.700. The number of nitrogens with one attached hydrogen (secondary N) is 2. The zero-order chi connectivity index (χ0) is 16.2. The standard InChI is InChI=1S/C14H20N2O5S/c1-3-20-12-8-7-11(9-13(12)21-4-2)22(18,19)16-15-14(17)10-5-6-10/h7-10,16H,3-6H2,1-2H3,(H,15,17). The number of hydrogen-bond donors (Lipinski definition) is 2. The fourth-order valence-corrected chi connectivity index (χ4v) is 2.68. The summed E-state index contributed by atoms with van der Waals surface area (Å²) in [5.74, 6) is 0.438. The fourth-order valence-electron chi connectivity index (χ4n) is 1.82. The highest BCUT2D eigenvalue weighted by molar-refractivity contribution is 7.89. The molecule has 2 N–H and O–H groups in total. The number of sulfonamides is 1. The molecule has 22 heavy (non-hydrogen) atoms. The Kier molecular flexibility index (Phi) is 5.25. The van der Waals surface area contributed by atoms with E-state index in [1.54, 1.807) is 6.92 Å². The molecule has 8 heteroatoms. The second kappa shape index (κ2) is 6.97. The zero-order valence-electron chi connectivity index (χ0n) is 12.6. The van der Waals surface area contributed by atoms with Gasteiger partial charge in [-0.3, -0.25) is 10.2 Å². The maximum Gasteiger partial charge on any atom is 0.257 e. The Bertz CT molecular complexity index is 641. The van der Waals surface area contributed by atoms with E-state index in [-0.39, 0.29) is 16.7 Å². The lowest BCUT2D eigenvalue weighted by molar-refractivity contribution is -0.122. The Balaban J connectivity index is 2.14. The van der Waals surface area contributed by atoms with Gasteiger partial charge in [0.05, 0.1) is 18.1 Å². The van der Waals surface area contributed by atoms with Crippen molar-refractivity contribution in [3.05, 3.63) is 18.2 Å². The van der Waals surface area contributed by atoms with Gasteiger partial charge in [-0.1, -0.05) is 0 Å². The highest BCUT2D eigenvalue weighted by Crippen LogP contribution is 2.30. The van der Waals surface area contributed by atoms with Crippen molar-refractivity contribution in [1.29, 1.82) is 0 Å². The number of carbonyl (C=O) groups is 1. The lowest BCUT2D eigenvalue weighted by Crippen LogP contribution is -2.42. The first-order valence-electron chi connectivity index (χ1n) is 7.19. The van der Waals surface area contributed by atoms with Crippen molar-refractivity contribution >= 4 is 15.9 Å². The number of amides is 1. The average Bonchev–Trinajstić information content (AvgIpc) is 3.32. The predicted octanol–water partition coefficient (Wildman–Crippen LogP) is 1.20. The Morgan fingerprint density at radius 2 is 1.82 bits per heavy atom.